The quantitative estimate of drug-likeness (QED) is 0.218. The fourth-order valence-corrected chi connectivity index (χ4v) is 6.30. The van der Waals surface area contributed by atoms with E-state index in [1.165, 1.54) is 17.7 Å². The van der Waals surface area contributed by atoms with Crippen LogP contribution in [0.3, 0.4) is 0 Å². The van der Waals surface area contributed by atoms with Crippen LogP contribution in [-0.2, 0) is 25.6 Å². The van der Waals surface area contributed by atoms with E-state index in [4.69, 9.17) is 19.8 Å². The van der Waals surface area contributed by atoms with E-state index in [0.29, 0.717) is 47.9 Å². The Labute approximate surface area is 264 Å². The SMILES string of the molecule is Cn1c(-c2cc3cccc(OCC(C)(C)n4ccnc4)c3n2CC2CC2)nc2cc3c(nc21)CCN(C[C@@H](CF)NC(=O)O)C3=O. The molecule has 2 N–H and O–H groups in total. The zero-order valence-corrected chi connectivity index (χ0v) is 26.1. The first kappa shape index (κ1) is 29.8. The summed E-state index contributed by atoms with van der Waals surface area (Å²) in [6, 6.07) is 9.01. The van der Waals surface area contributed by atoms with Gasteiger partial charge in [0.1, 0.15) is 24.5 Å². The number of hydrogen-bond donors (Lipinski definition) is 2. The molecule has 1 fully saturated rings. The molecule has 0 spiro atoms. The van der Waals surface area contributed by atoms with Crippen molar-refractivity contribution in [2.24, 2.45) is 13.0 Å². The van der Waals surface area contributed by atoms with Crippen LogP contribution in [0.4, 0.5) is 9.18 Å². The maximum atomic E-state index is 13.5. The van der Waals surface area contributed by atoms with Crippen molar-refractivity contribution >= 4 is 34.1 Å². The average molecular weight is 629 g/mol. The van der Waals surface area contributed by atoms with Gasteiger partial charge < -0.3 is 33.8 Å². The maximum Gasteiger partial charge on any atom is 0.405 e. The first-order valence-electron chi connectivity index (χ1n) is 15.6. The Kier molecular flexibility index (Phi) is 7.41. The number of para-hydroxylation sites is 1. The number of halogens is 1. The number of benzene rings is 1. The van der Waals surface area contributed by atoms with Gasteiger partial charge in [-0.15, -0.1) is 0 Å². The van der Waals surface area contributed by atoms with Gasteiger partial charge in [0.2, 0.25) is 0 Å². The summed E-state index contributed by atoms with van der Waals surface area (Å²) in [5.41, 5.74) is 3.98. The van der Waals surface area contributed by atoms with Crippen LogP contribution in [0, 0.1) is 5.92 Å². The molecule has 240 valence electrons. The highest BCUT2D eigenvalue weighted by molar-refractivity contribution is 5.99. The first-order chi connectivity index (χ1) is 22.1. The summed E-state index contributed by atoms with van der Waals surface area (Å²) in [4.78, 5) is 40.0. The third-order valence-electron chi connectivity index (χ3n) is 9.05. The zero-order chi connectivity index (χ0) is 32.2. The minimum Gasteiger partial charge on any atom is -0.489 e. The molecule has 0 bridgehead atoms. The van der Waals surface area contributed by atoms with Crippen molar-refractivity contribution in [1.82, 2.24) is 38.9 Å². The van der Waals surface area contributed by atoms with Gasteiger partial charge in [-0.05, 0) is 50.8 Å². The second kappa shape index (κ2) is 11.5. The molecule has 1 atom stereocenters. The number of imidazole rings is 2. The maximum absolute atomic E-state index is 13.5. The smallest absolute Gasteiger partial charge is 0.405 e. The Morgan fingerprint density at radius 2 is 2.07 bits per heavy atom. The van der Waals surface area contributed by atoms with Crippen molar-refractivity contribution in [3.63, 3.8) is 0 Å². The molecule has 12 nitrogen and oxygen atoms in total. The van der Waals surface area contributed by atoms with Gasteiger partial charge in [-0.3, -0.25) is 4.79 Å². The van der Waals surface area contributed by atoms with Gasteiger partial charge in [-0.25, -0.2) is 24.1 Å². The lowest BCUT2D eigenvalue weighted by Crippen LogP contribution is -2.48. The molecule has 0 unspecified atom stereocenters. The Morgan fingerprint density at radius 1 is 1.24 bits per heavy atom. The van der Waals surface area contributed by atoms with Crippen LogP contribution in [0.15, 0.2) is 49.1 Å². The molecule has 4 aromatic heterocycles. The van der Waals surface area contributed by atoms with Crippen LogP contribution >= 0.6 is 0 Å². The van der Waals surface area contributed by atoms with E-state index in [2.05, 4.69) is 40.8 Å². The van der Waals surface area contributed by atoms with E-state index < -0.39 is 18.8 Å². The van der Waals surface area contributed by atoms with Gasteiger partial charge in [0.25, 0.3) is 5.91 Å². The second-order valence-electron chi connectivity index (χ2n) is 13.0. The lowest BCUT2D eigenvalue weighted by atomic mass is 10.0. The van der Waals surface area contributed by atoms with Gasteiger partial charge in [-0.1, -0.05) is 12.1 Å². The fraction of sp³-hybridized carbons (Fsp3) is 0.424. The standard InChI is InChI=1S/C33H37FN8O4/c1-33(2,41-12-10-35-19-41)18-46-27-6-4-5-21-13-26(42(28(21)27)16-20-7-8-20)30-38-25-14-23-24(37-29(25)39(30)3)9-11-40(31(23)43)17-22(15-34)36-32(44)45/h4-6,10,12-14,19-20,22,36H,7-9,11,15-18H2,1-3H3,(H,44,45)/t22-/m1/s1. The number of pyridine rings is 1. The fourth-order valence-electron chi connectivity index (χ4n) is 6.30. The van der Waals surface area contributed by atoms with Gasteiger partial charge in [-0.2, -0.15) is 0 Å². The molecule has 0 radical (unpaired) electrons. The molecule has 5 aromatic rings. The number of nitrogens with zero attached hydrogens (tertiary/aromatic N) is 7. The molecule has 1 aromatic carbocycles. The molecule has 0 saturated heterocycles. The molecule has 2 aliphatic rings. The van der Waals surface area contributed by atoms with Crippen LogP contribution in [0.2, 0.25) is 0 Å². The molecule has 46 heavy (non-hydrogen) atoms. The molecule has 1 aliphatic carbocycles. The Balaban J connectivity index is 1.25. The number of aryl methyl sites for hydroxylation is 1. The largest absolute Gasteiger partial charge is 0.489 e. The lowest BCUT2D eigenvalue weighted by Gasteiger charge is -2.30. The highest BCUT2D eigenvalue weighted by atomic mass is 19.1. The molecule has 1 aliphatic heterocycles. The number of ether oxygens (including phenoxy) is 1. The Bertz CT molecular complexity index is 1940. The summed E-state index contributed by atoms with van der Waals surface area (Å²) in [7, 11) is 1.94. The number of alkyl halides is 1. The van der Waals surface area contributed by atoms with Crippen LogP contribution in [0.1, 0.15) is 42.7 Å². The van der Waals surface area contributed by atoms with E-state index >= 15 is 0 Å². The predicted octanol–water partition coefficient (Wildman–Crippen LogP) is 4.61. The van der Waals surface area contributed by atoms with E-state index in [-0.39, 0.29) is 18.0 Å². The molecule has 13 heteroatoms. The summed E-state index contributed by atoms with van der Waals surface area (Å²) in [5, 5.41) is 12.2. The summed E-state index contributed by atoms with van der Waals surface area (Å²) < 4.78 is 26.3. The predicted molar refractivity (Wildman–Crippen MR) is 170 cm³/mol. The molecule has 5 heterocycles. The van der Waals surface area contributed by atoms with E-state index in [0.717, 1.165) is 34.7 Å². The summed E-state index contributed by atoms with van der Waals surface area (Å²) in [5.74, 6) is 1.81. The summed E-state index contributed by atoms with van der Waals surface area (Å²) >= 11 is 0. The topological polar surface area (TPSA) is 132 Å². The van der Waals surface area contributed by atoms with Gasteiger partial charge in [0.15, 0.2) is 11.5 Å². The highest BCUT2D eigenvalue weighted by Gasteiger charge is 2.31. The zero-order valence-electron chi connectivity index (χ0n) is 26.1. The highest BCUT2D eigenvalue weighted by Crippen LogP contribution is 2.39. The number of aromatic nitrogens is 6. The van der Waals surface area contributed by atoms with Gasteiger partial charge in [0.05, 0.1) is 40.4 Å². The van der Waals surface area contributed by atoms with Crippen molar-refractivity contribution in [2.45, 2.75) is 51.2 Å². The first-order valence-corrected chi connectivity index (χ1v) is 15.6. The number of fused-ring (bicyclic) bond motifs is 3. The normalized spacial score (nSPS) is 15.8. The van der Waals surface area contributed by atoms with Crippen LogP contribution in [-0.4, -0.2) is 83.1 Å². The van der Waals surface area contributed by atoms with E-state index in [9.17, 15) is 14.0 Å². The number of hydrogen-bond acceptors (Lipinski definition) is 6. The Morgan fingerprint density at radius 3 is 2.78 bits per heavy atom. The number of carboxylic acid groups (broad SMARTS) is 1. The number of nitrogens with one attached hydrogen (secondary N) is 1. The van der Waals surface area contributed by atoms with Crippen LogP contribution < -0.4 is 10.1 Å². The number of carbonyl (C=O) groups is 2. The van der Waals surface area contributed by atoms with Crippen molar-refractivity contribution in [3.05, 3.63) is 60.3 Å². The van der Waals surface area contributed by atoms with E-state index in [1.807, 2.05) is 34.5 Å². The minimum absolute atomic E-state index is 0.0578. The molecular weight excluding hydrogens is 591 g/mol. The summed E-state index contributed by atoms with van der Waals surface area (Å²) in [6.45, 7) is 4.88. The van der Waals surface area contributed by atoms with E-state index in [1.54, 1.807) is 18.6 Å². The average Bonchev–Trinajstić information content (AvgIpc) is 3.39. The van der Waals surface area contributed by atoms with Crippen molar-refractivity contribution in [2.75, 3.05) is 26.4 Å². The van der Waals surface area contributed by atoms with Crippen molar-refractivity contribution in [3.8, 4) is 17.3 Å². The van der Waals surface area contributed by atoms with Crippen LogP contribution in [0.25, 0.3) is 33.6 Å². The number of rotatable bonds is 11. The van der Waals surface area contributed by atoms with Crippen molar-refractivity contribution in [1.29, 1.82) is 0 Å². The monoisotopic (exact) mass is 628 g/mol. The van der Waals surface area contributed by atoms with Crippen LogP contribution in [0.5, 0.6) is 5.75 Å². The molecule has 7 rings (SSSR count). The number of amides is 2. The van der Waals surface area contributed by atoms with Crippen molar-refractivity contribution < 1.29 is 23.8 Å². The third-order valence-corrected chi connectivity index (χ3v) is 9.05. The molecule has 1 saturated carbocycles. The lowest BCUT2D eigenvalue weighted by molar-refractivity contribution is 0.0712. The minimum atomic E-state index is -1.33. The summed E-state index contributed by atoms with van der Waals surface area (Å²) in [6.07, 6.45) is 7.02. The molecule has 2 amide bonds. The second-order valence-corrected chi connectivity index (χ2v) is 13.0. The third kappa shape index (κ3) is 5.43. The number of carbonyl (C=O) groups excluding carboxylic acids is 1. The van der Waals surface area contributed by atoms with Gasteiger partial charge in [0, 0.05) is 50.9 Å². The Hall–Kier alpha value is -4.94. The molecular formula is C33H37FN8O4. The van der Waals surface area contributed by atoms with Gasteiger partial charge >= 0.3 is 6.09 Å².